The van der Waals surface area contributed by atoms with E-state index in [9.17, 15) is 4.79 Å². The van der Waals surface area contributed by atoms with Crippen LogP contribution >= 0.6 is 23.4 Å². The molecule has 0 unspecified atom stereocenters. The number of hydrogen-bond acceptors (Lipinski definition) is 4. The first-order chi connectivity index (χ1) is 12.7. The maximum Gasteiger partial charge on any atom is 0.230 e. The molecule has 0 saturated heterocycles. The minimum absolute atomic E-state index is 0.0596. The molecule has 0 aliphatic carbocycles. The van der Waals surface area contributed by atoms with E-state index in [1.165, 1.54) is 11.8 Å². The molecular weight excluding hydrogens is 368 g/mol. The second kappa shape index (κ2) is 8.87. The Morgan fingerprint density at radius 3 is 2.69 bits per heavy atom. The Balaban J connectivity index is 1.63. The fraction of sp³-hybridized carbons (Fsp3) is 0.211. The van der Waals surface area contributed by atoms with Gasteiger partial charge in [0, 0.05) is 23.7 Å². The average molecular weight is 387 g/mol. The summed E-state index contributed by atoms with van der Waals surface area (Å²) in [4.78, 5) is 12.2. The van der Waals surface area contributed by atoms with Crippen LogP contribution < -0.4 is 5.32 Å². The highest BCUT2D eigenvalue weighted by Crippen LogP contribution is 2.22. The van der Waals surface area contributed by atoms with Crippen molar-refractivity contribution in [2.75, 3.05) is 5.75 Å². The molecular formula is C19H19ClN4OS. The number of carbonyl (C=O) groups excluding carboxylic acids is 1. The first-order valence-electron chi connectivity index (χ1n) is 8.31. The number of amides is 1. The van der Waals surface area contributed by atoms with E-state index in [1.807, 2.05) is 66.1 Å². The number of halogens is 1. The highest BCUT2D eigenvalue weighted by Gasteiger charge is 2.14. The zero-order valence-corrected chi connectivity index (χ0v) is 15.9. The minimum Gasteiger partial charge on any atom is -0.351 e. The smallest absolute Gasteiger partial charge is 0.230 e. The normalized spacial score (nSPS) is 10.7. The quantitative estimate of drug-likeness (QED) is 0.626. The molecule has 7 heteroatoms. The van der Waals surface area contributed by atoms with E-state index in [2.05, 4.69) is 15.5 Å². The van der Waals surface area contributed by atoms with Crippen LogP contribution in [0.15, 0.2) is 59.8 Å². The maximum absolute atomic E-state index is 12.2. The predicted octanol–water partition coefficient (Wildman–Crippen LogP) is 3.89. The first kappa shape index (κ1) is 18.5. The van der Waals surface area contributed by atoms with Crippen LogP contribution in [-0.2, 0) is 17.8 Å². The Bertz CT molecular complexity index is 882. The van der Waals surface area contributed by atoms with E-state index in [4.69, 9.17) is 11.6 Å². The van der Waals surface area contributed by atoms with Crippen LogP contribution in [0.3, 0.4) is 0 Å². The van der Waals surface area contributed by atoms with E-state index in [1.54, 1.807) is 0 Å². The van der Waals surface area contributed by atoms with Crippen molar-refractivity contribution in [3.05, 3.63) is 71.0 Å². The molecule has 3 rings (SSSR count). The molecule has 0 saturated carbocycles. The Hall–Kier alpha value is -2.31. The lowest BCUT2D eigenvalue weighted by atomic mass is 10.2. The van der Waals surface area contributed by atoms with Gasteiger partial charge in [-0.2, -0.15) is 0 Å². The summed E-state index contributed by atoms with van der Waals surface area (Å²) < 4.78 is 1.99. The monoisotopic (exact) mass is 386 g/mol. The Morgan fingerprint density at radius 2 is 1.96 bits per heavy atom. The lowest BCUT2D eigenvalue weighted by Crippen LogP contribution is -2.24. The fourth-order valence-corrected chi connectivity index (χ4v) is 3.50. The van der Waals surface area contributed by atoms with E-state index in [0.717, 1.165) is 23.5 Å². The van der Waals surface area contributed by atoms with Gasteiger partial charge in [-0.25, -0.2) is 0 Å². The van der Waals surface area contributed by atoms with Gasteiger partial charge in [0.1, 0.15) is 5.82 Å². The summed E-state index contributed by atoms with van der Waals surface area (Å²) in [6.45, 7) is 2.49. The van der Waals surface area contributed by atoms with Gasteiger partial charge in [0.15, 0.2) is 5.16 Å². The molecule has 0 aliphatic rings. The lowest BCUT2D eigenvalue weighted by Gasteiger charge is -2.09. The highest BCUT2D eigenvalue weighted by molar-refractivity contribution is 7.99. The number of nitrogens with one attached hydrogen (secondary N) is 1. The molecule has 3 aromatic rings. The second-order valence-electron chi connectivity index (χ2n) is 5.62. The number of benzene rings is 2. The average Bonchev–Trinajstić information content (AvgIpc) is 3.08. The summed E-state index contributed by atoms with van der Waals surface area (Å²) in [5.41, 5.74) is 1.97. The standard InChI is InChI=1S/C19H19ClN4OS/c1-2-17-22-23-19(24(17)16-9-4-3-5-10-16)26-13-18(25)21-12-14-7-6-8-15(20)11-14/h3-11H,2,12-13H2,1H3,(H,21,25). The van der Waals surface area contributed by atoms with Crippen LogP contribution in [0.5, 0.6) is 0 Å². The van der Waals surface area contributed by atoms with Crippen molar-refractivity contribution in [1.29, 1.82) is 0 Å². The number of aromatic nitrogens is 3. The molecule has 0 aliphatic heterocycles. The molecule has 26 heavy (non-hydrogen) atoms. The molecule has 0 spiro atoms. The van der Waals surface area contributed by atoms with E-state index in [-0.39, 0.29) is 11.7 Å². The number of nitrogens with zero attached hydrogens (tertiary/aromatic N) is 3. The summed E-state index contributed by atoms with van der Waals surface area (Å²) >= 11 is 7.33. The molecule has 1 heterocycles. The predicted molar refractivity (Wildman–Crippen MR) is 105 cm³/mol. The van der Waals surface area contributed by atoms with Crippen LogP contribution in [0.2, 0.25) is 5.02 Å². The number of para-hydroxylation sites is 1. The van der Waals surface area contributed by atoms with Gasteiger partial charge < -0.3 is 5.32 Å². The van der Waals surface area contributed by atoms with Crippen molar-refractivity contribution >= 4 is 29.3 Å². The summed E-state index contributed by atoms with van der Waals surface area (Å²) in [6.07, 6.45) is 0.767. The molecule has 0 bridgehead atoms. The molecule has 0 radical (unpaired) electrons. The van der Waals surface area contributed by atoms with Crippen LogP contribution in [0.25, 0.3) is 5.69 Å². The molecule has 2 aromatic carbocycles. The molecule has 134 valence electrons. The number of hydrogen-bond donors (Lipinski definition) is 1. The summed E-state index contributed by atoms with van der Waals surface area (Å²) in [5.74, 6) is 1.09. The molecule has 1 amide bonds. The molecule has 5 nitrogen and oxygen atoms in total. The van der Waals surface area contributed by atoms with Crippen LogP contribution in [0.1, 0.15) is 18.3 Å². The van der Waals surface area contributed by atoms with Crippen LogP contribution in [-0.4, -0.2) is 26.4 Å². The van der Waals surface area contributed by atoms with Gasteiger partial charge in [-0.05, 0) is 29.8 Å². The van der Waals surface area contributed by atoms with Crippen molar-refractivity contribution in [2.24, 2.45) is 0 Å². The van der Waals surface area contributed by atoms with Crippen molar-refractivity contribution in [3.8, 4) is 5.69 Å². The number of rotatable bonds is 7. The van der Waals surface area contributed by atoms with Gasteiger partial charge in [-0.3, -0.25) is 9.36 Å². The first-order valence-corrected chi connectivity index (χ1v) is 9.67. The largest absolute Gasteiger partial charge is 0.351 e. The SMILES string of the molecule is CCc1nnc(SCC(=O)NCc2cccc(Cl)c2)n1-c1ccccc1. The third-order valence-corrected chi connectivity index (χ3v) is 4.91. The molecule has 0 fully saturated rings. The fourth-order valence-electron chi connectivity index (χ4n) is 2.49. The Kier molecular flexibility index (Phi) is 6.30. The third-order valence-electron chi connectivity index (χ3n) is 3.74. The Labute approximate surface area is 161 Å². The van der Waals surface area contributed by atoms with E-state index >= 15 is 0 Å². The van der Waals surface area contributed by atoms with Gasteiger partial charge >= 0.3 is 0 Å². The maximum atomic E-state index is 12.2. The van der Waals surface area contributed by atoms with Gasteiger partial charge in [-0.1, -0.05) is 60.6 Å². The van der Waals surface area contributed by atoms with E-state index in [0.29, 0.717) is 16.7 Å². The second-order valence-corrected chi connectivity index (χ2v) is 7.00. The zero-order chi connectivity index (χ0) is 18.4. The summed E-state index contributed by atoms with van der Waals surface area (Å²) in [6, 6.07) is 17.4. The molecule has 1 aromatic heterocycles. The number of aryl methyl sites for hydroxylation is 1. The van der Waals surface area contributed by atoms with Crippen molar-refractivity contribution in [2.45, 2.75) is 25.0 Å². The highest BCUT2D eigenvalue weighted by atomic mass is 35.5. The van der Waals surface area contributed by atoms with Gasteiger partial charge in [0.05, 0.1) is 5.75 Å². The molecule has 0 atom stereocenters. The minimum atomic E-state index is -0.0596. The van der Waals surface area contributed by atoms with Crippen molar-refractivity contribution in [3.63, 3.8) is 0 Å². The number of carbonyl (C=O) groups is 1. The van der Waals surface area contributed by atoms with Crippen molar-refractivity contribution in [1.82, 2.24) is 20.1 Å². The topological polar surface area (TPSA) is 59.8 Å². The van der Waals surface area contributed by atoms with Crippen LogP contribution in [0.4, 0.5) is 0 Å². The lowest BCUT2D eigenvalue weighted by molar-refractivity contribution is -0.118. The zero-order valence-electron chi connectivity index (χ0n) is 14.4. The Morgan fingerprint density at radius 1 is 1.15 bits per heavy atom. The molecule has 1 N–H and O–H groups in total. The van der Waals surface area contributed by atoms with Gasteiger partial charge in [0.2, 0.25) is 5.91 Å². The summed E-state index contributed by atoms with van der Waals surface area (Å²) in [5, 5.41) is 12.8. The van der Waals surface area contributed by atoms with Gasteiger partial charge in [-0.15, -0.1) is 10.2 Å². The summed E-state index contributed by atoms with van der Waals surface area (Å²) in [7, 11) is 0. The van der Waals surface area contributed by atoms with Gasteiger partial charge in [0.25, 0.3) is 0 Å². The van der Waals surface area contributed by atoms with E-state index < -0.39 is 0 Å². The third kappa shape index (κ3) is 4.65. The van der Waals surface area contributed by atoms with Crippen LogP contribution in [0, 0.1) is 0 Å². The van der Waals surface area contributed by atoms with Crippen molar-refractivity contribution < 1.29 is 4.79 Å². The number of thioether (sulfide) groups is 1.